The van der Waals surface area contributed by atoms with E-state index in [2.05, 4.69) is 16.4 Å². The molecule has 2 aliphatic rings. The molecular formula is C20H29N5O3. The molecule has 3 rings (SSSR count). The summed E-state index contributed by atoms with van der Waals surface area (Å²) in [4.78, 5) is 14.2. The summed E-state index contributed by atoms with van der Waals surface area (Å²) in [6.45, 7) is 2.89. The molecule has 2 atom stereocenters. The maximum Gasteiger partial charge on any atom is 0.259 e. The van der Waals surface area contributed by atoms with Gasteiger partial charge in [0.2, 0.25) is 0 Å². The molecule has 5 N–H and O–H groups in total. The van der Waals surface area contributed by atoms with Crippen molar-refractivity contribution in [3.8, 4) is 5.75 Å². The average Bonchev–Trinajstić information content (AvgIpc) is 3.17. The van der Waals surface area contributed by atoms with Crippen LogP contribution < -0.4 is 21.1 Å². The van der Waals surface area contributed by atoms with E-state index in [4.69, 9.17) is 10.1 Å². The summed E-state index contributed by atoms with van der Waals surface area (Å²) in [5, 5.41) is 18.1. The molecule has 0 radical (unpaired) electrons. The monoisotopic (exact) mass is 387 g/mol. The fraction of sp³-hybridized carbons (Fsp3) is 0.500. The molecule has 1 aliphatic carbocycles. The topological polar surface area (TPSA) is 110 Å². The second-order valence-electron chi connectivity index (χ2n) is 7.06. The Morgan fingerprint density at radius 2 is 2.21 bits per heavy atom. The standard InChI is InChI=1S/C20H29N5O3/c1-2-25(20(27)15-7-8-18-14(13-15)10-12-28-18)19(21)9-11-22-24-23-16-5-3-4-6-17(16)26/h7-9,11,13,16-17,21-24,26H,2-6,10,12H2,1H3/b11-9-,21-19?. The Hall–Kier alpha value is -2.42. The van der Waals surface area contributed by atoms with Gasteiger partial charge in [-0.25, -0.2) is 5.43 Å². The van der Waals surface area contributed by atoms with Crippen LogP contribution in [-0.2, 0) is 6.42 Å². The predicted octanol–water partition coefficient (Wildman–Crippen LogP) is 1.48. The van der Waals surface area contributed by atoms with Crippen molar-refractivity contribution in [1.29, 1.82) is 5.41 Å². The van der Waals surface area contributed by atoms with Gasteiger partial charge in [-0.05, 0) is 49.6 Å². The number of aliphatic hydroxyl groups is 1. The first-order valence-corrected chi connectivity index (χ1v) is 9.87. The van der Waals surface area contributed by atoms with Crippen molar-refractivity contribution in [3.05, 3.63) is 41.6 Å². The summed E-state index contributed by atoms with van der Waals surface area (Å²) in [6, 6.07) is 5.42. The summed E-state index contributed by atoms with van der Waals surface area (Å²) >= 11 is 0. The second-order valence-corrected chi connectivity index (χ2v) is 7.06. The van der Waals surface area contributed by atoms with Gasteiger partial charge in [-0.15, -0.1) is 0 Å². The van der Waals surface area contributed by atoms with E-state index in [1.807, 2.05) is 19.1 Å². The highest BCUT2D eigenvalue weighted by Gasteiger charge is 2.22. The van der Waals surface area contributed by atoms with Gasteiger partial charge in [-0.2, -0.15) is 5.53 Å². The molecule has 1 fully saturated rings. The second kappa shape index (κ2) is 9.68. The van der Waals surface area contributed by atoms with Gasteiger partial charge in [0.25, 0.3) is 5.91 Å². The number of nitrogens with one attached hydrogen (secondary N) is 4. The largest absolute Gasteiger partial charge is 0.493 e. The lowest BCUT2D eigenvalue weighted by atomic mass is 9.93. The number of amidine groups is 1. The Balaban J connectivity index is 1.50. The van der Waals surface area contributed by atoms with Gasteiger partial charge in [0.1, 0.15) is 11.6 Å². The number of rotatable bonds is 7. The first-order valence-electron chi connectivity index (χ1n) is 9.87. The number of carbonyl (C=O) groups is 1. The third-order valence-electron chi connectivity index (χ3n) is 5.17. The van der Waals surface area contributed by atoms with E-state index in [1.54, 1.807) is 12.3 Å². The van der Waals surface area contributed by atoms with Crippen LogP contribution in [0.5, 0.6) is 5.75 Å². The minimum atomic E-state index is -0.351. The normalized spacial score (nSPS) is 21.2. The van der Waals surface area contributed by atoms with Gasteiger partial charge >= 0.3 is 0 Å². The molecule has 28 heavy (non-hydrogen) atoms. The summed E-state index contributed by atoms with van der Waals surface area (Å²) < 4.78 is 5.48. The Morgan fingerprint density at radius 1 is 1.39 bits per heavy atom. The maximum absolute atomic E-state index is 12.8. The molecule has 0 aromatic heterocycles. The van der Waals surface area contributed by atoms with E-state index in [9.17, 15) is 9.90 Å². The number of hydrogen-bond donors (Lipinski definition) is 5. The van der Waals surface area contributed by atoms with Crippen LogP contribution in [0.1, 0.15) is 48.5 Å². The van der Waals surface area contributed by atoms with Crippen molar-refractivity contribution in [2.75, 3.05) is 13.2 Å². The highest BCUT2D eigenvalue weighted by Crippen LogP contribution is 2.26. The van der Waals surface area contributed by atoms with Crippen molar-refractivity contribution in [3.63, 3.8) is 0 Å². The number of likely N-dealkylation sites (N-methyl/N-ethyl adjacent to an activating group) is 1. The smallest absolute Gasteiger partial charge is 0.259 e. The van der Waals surface area contributed by atoms with Crippen LogP contribution in [0.4, 0.5) is 0 Å². The number of nitrogens with zero attached hydrogens (tertiary/aromatic N) is 1. The SMILES string of the molecule is CCN(C(=N)/C=C\NNNC1CCCCC1O)C(=O)c1ccc2c(c1)CCO2. The number of carbonyl (C=O) groups excluding carboxylic acids is 1. The molecule has 0 spiro atoms. The van der Waals surface area contributed by atoms with Crippen molar-refractivity contribution >= 4 is 11.7 Å². The molecule has 1 aliphatic heterocycles. The molecule has 0 bridgehead atoms. The lowest BCUT2D eigenvalue weighted by Gasteiger charge is -2.28. The highest BCUT2D eigenvalue weighted by molar-refractivity contribution is 6.09. The highest BCUT2D eigenvalue weighted by atomic mass is 16.5. The average molecular weight is 387 g/mol. The quantitative estimate of drug-likeness (QED) is 0.210. The van der Waals surface area contributed by atoms with Crippen LogP contribution >= 0.6 is 0 Å². The fourth-order valence-electron chi connectivity index (χ4n) is 3.57. The summed E-state index contributed by atoms with van der Waals surface area (Å²) in [5.41, 5.74) is 10.3. The van der Waals surface area contributed by atoms with E-state index in [0.29, 0.717) is 18.7 Å². The van der Waals surface area contributed by atoms with Gasteiger partial charge in [-0.1, -0.05) is 12.8 Å². The molecule has 8 nitrogen and oxygen atoms in total. The molecule has 2 unspecified atom stereocenters. The van der Waals surface area contributed by atoms with Crippen LogP contribution in [0.3, 0.4) is 0 Å². The van der Waals surface area contributed by atoms with E-state index in [0.717, 1.165) is 43.4 Å². The molecule has 0 saturated heterocycles. The summed E-state index contributed by atoms with van der Waals surface area (Å²) in [6.07, 6.45) is 7.40. The lowest BCUT2D eigenvalue weighted by Crippen LogP contribution is -2.52. The number of benzene rings is 1. The third kappa shape index (κ3) is 4.89. The molecule has 152 valence electrons. The Labute approximate surface area is 165 Å². The molecule has 1 saturated carbocycles. The lowest BCUT2D eigenvalue weighted by molar-refractivity contribution is 0.0814. The van der Waals surface area contributed by atoms with Crippen molar-refractivity contribution < 1.29 is 14.6 Å². The number of aliphatic hydroxyl groups excluding tert-OH is 1. The van der Waals surface area contributed by atoms with Crippen molar-refractivity contribution in [2.24, 2.45) is 0 Å². The molecular weight excluding hydrogens is 358 g/mol. The number of hydrazine groups is 2. The zero-order valence-electron chi connectivity index (χ0n) is 16.2. The number of hydrogen-bond acceptors (Lipinski definition) is 7. The zero-order chi connectivity index (χ0) is 19.9. The Bertz CT molecular complexity index is 737. The zero-order valence-corrected chi connectivity index (χ0v) is 16.2. The maximum atomic E-state index is 12.8. The van der Waals surface area contributed by atoms with Gasteiger partial charge < -0.3 is 15.3 Å². The minimum Gasteiger partial charge on any atom is -0.493 e. The summed E-state index contributed by atoms with van der Waals surface area (Å²) in [7, 11) is 0. The van der Waals surface area contributed by atoms with Gasteiger partial charge in [0, 0.05) is 30.8 Å². The Kier molecular flexibility index (Phi) is 7.02. The van der Waals surface area contributed by atoms with Gasteiger partial charge in [0.05, 0.1) is 12.7 Å². The Morgan fingerprint density at radius 3 is 3.00 bits per heavy atom. The van der Waals surface area contributed by atoms with Crippen LogP contribution in [0, 0.1) is 5.41 Å². The van der Waals surface area contributed by atoms with Crippen molar-refractivity contribution in [1.82, 2.24) is 21.3 Å². The van der Waals surface area contributed by atoms with E-state index < -0.39 is 0 Å². The molecule has 1 amide bonds. The summed E-state index contributed by atoms with van der Waals surface area (Å²) in [5.74, 6) is 0.722. The first kappa shape index (κ1) is 20.3. The van der Waals surface area contributed by atoms with E-state index in [-0.39, 0.29) is 23.9 Å². The van der Waals surface area contributed by atoms with Crippen LogP contribution in [0.2, 0.25) is 0 Å². The molecule has 1 heterocycles. The van der Waals surface area contributed by atoms with E-state index >= 15 is 0 Å². The molecule has 1 aromatic carbocycles. The molecule has 8 heteroatoms. The van der Waals surface area contributed by atoms with E-state index in [1.165, 1.54) is 11.0 Å². The van der Waals surface area contributed by atoms with Crippen LogP contribution in [0.15, 0.2) is 30.5 Å². The fourth-order valence-corrected chi connectivity index (χ4v) is 3.57. The molecule has 1 aromatic rings. The number of amides is 1. The third-order valence-corrected chi connectivity index (χ3v) is 5.17. The minimum absolute atomic E-state index is 0.00612. The predicted molar refractivity (Wildman–Crippen MR) is 107 cm³/mol. The number of fused-ring (bicyclic) bond motifs is 1. The van der Waals surface area contributed by atoms with Crippen LogP contribution in [-0.4, -0.2) is 47.0 Å². The van der Waals surface area contributed by atoms with Crippen molar-refractivity contribution in [2.45, 2.75) is 51.2 Å². The first-order chi connectivity index (χ1) is 13.6. The number of ether oxygens (including phenoxy) is 1. The van der Waals surface area contributed by atoms with Crippen LogP contribution in [0.25, 0.3) is 0 Å². The van der Waals surface area contributed by atoms with Gasteiger partial charge in [0.15, 0.2) is 0 Å². The van der Waals surface area contributed by atoms with Gasteiger partial charge in [-0.3, -0.25) is 15.1 Å².